The van der Waals surface area contributed by atoms with Gasteiger partial charge >= 0.3 is 6.18 Å². The molecule has 0 atom stereocenters. The van der Waals surface area contributed by atoms with Crippen LogP contribution in [0.2, 0.25) is 0 Å². The van der Waals surface area contributed by atoms with E-state index in [2.05, 4.69) is 14.9 Å². The molecule has 2 aromatic heterocycles. The van der Waals surface area contributed by atoms with Crippen LogP contribution in [0, 0.1) is 0 Å². The van der Waals surface area contributed by atoms with Crippen LogP contribution in [-0.4, -0.2) is 27.6 Å². The normalized spacial score (nSPS) is 14.9. The zero-order valence-electron chi connectivity index (χ0n) is 16.4. The largest absolute Gasteiger partial charge is 0.417 e. The minimum atomic E-state index is -4.46. The molecule has 2 N–H and O–H groups in total. The van der Waals surface area contributed by atoms with E-state index in [9.17, 15) is 13.2 Å². The van der Waals surface area contributed by atoms with Gasteiger partial charge in [-0.05, 0) is 36.6 Å². The van der Waals surface area contributed by atoms with Crippen molar-refractivity contribution in [3.63, 3.8) is 0 Å². The molecule has 0 unspecified atom stereocenters. The first kappa shape index (κ1) is 18.7. The Labute approximate surface area is 170 Å². The molecule has 154 valence electrons. The second kappa shape index (κ2) is 6.62. The molecule has 30 heavy (non-hydrogen) atoms. The lowest BCUT2D eigenvalue weighted by Gasteiger charge is -2.21. The van der Waals surface area contributed by atoms with Gasteiger partial charge in [0.1, 0.15) is 5.82 Å². The van der Waals surface area contributed by atoms with E-state index in [-0.39, 0.29) is 11.5 Å². The van der Waals surface area contributed by atoms with Gasteiger partial charge in [-0.2, -0.15) is 18.2 Å². The number of anilines is 2. The van der Waals surface area contributed by atoms with Crippen molar-refractivity contribution in [2.75, 3.05) is 23.7 Å². The van der Waals surface area contributed by atoms with Crippen molar-refractivity contribution in [3.8, 4) is 11.1 Å². The number of aryl methyl sites for hydroxylation is 1. The fourth-order valence-electron chi connectivity index (χ4n) is 4.45. The number of alkyl halides is 3. The molecule has 1 aliphatic rings. The van der Waals surface area contributed by atoms with E-state index in [1.54, 1.807) is 12.1 Å². The molecule has 5 rings (SSSR count). The summed E-state index contributed by atoms with van der Waals surface area (Å²) in [6, 6.07) is 9.26. The third kappa shape index (κ3) is 2.86. The highest BCUT2D eigenvalue weighted by atomic mass is 19.4. The van der Waals surface area contributed by atoms with Gasteiger partial charge in [-0.15, -0.1) is 0 Å². The van der Waals surface area contributed by atoms with Crippen LogP contribution < -0.4 is 10.6 Å². The number of hydrogen-bond acceptors (Lipinski definition) is 4. The first-order valence-electron chi connectivity index (χ1n) is 9.81. The minimum Gasteiger partial charge on any atom is -0.368 e. The first-order valence-corrected chi connectivity index (χ1v) is 9.81. The summed E-state index contributed by atoms with van der Waals surface area (Å²) in [5, 5.41) is 1.65. The molecule has 0 aliphatic carbocycles. The summed E-state index contributed by atoms with van der Waals surface area (Å²) in [5.74, 6) is 0.872. The monoisotopic (exact) mass is 411 g/mol. The number of fused-ring (bicyclic) bond motifs is 3. The number of nitrogen functional groups attached to an aromatic ring is 1. The average molecular weight is 411 g/mol. The van der Waals surface area contributed by atoms with Crippen LogP contribution >= 0.6 is 0 Å². The maximum atomic E-state index is 13.7. The molecular weight excluding hydrogens is 391 g/mol. The predicted molar refractivity (Wildman–Crippen MR) is 112 cm³/mol. The summed E-state index contributed by atoms with van der Waals surface area (Å²) >= 11 is 0. The van der Waals surface area contributed by atoms with Crippen molar-refractivity contribution in [2.45, 2.75) is 19.0 Å². The number of halogens is 3. The molecule has 0 amide bonds. The van der Waals surface area contributed by atoms with Gasteiger partial charge in [0.2, 0.25) is 5.95 Å². The summed E-state index contributed by atoms with van der Waals surface area (Å²) in [6.07, 6.45) is -0.469. The first-order chi connectivity index (χ1) is 14.3. The minimum absolute atomic E-state index is 0.120. The lowest BCUT2D eigenvalue weighted by Crippen LogP contribution is -2.20. The SMILES string of the molecule is Cn1ccc2c3c(N4CCCC4)nc(N)nc3cc(-c3ccccc3C(F)(F)F)c21. The zero-order chi connectivity index (χ0) is 21.0. The van der Waals surface area contributed by atoms with Gasteiger partial charge in [0, 0.05) is 37.3 Å². The van der Waals surface area contributed by atoms with Gasteiger partial charge in [-0.25, -0.2) is 4.98 Å². The fraction of sp³-hybridized carbons (Fsp3) is 0.273. The molecule has 4 aromatic rings. The molecule has 1 saturated heterocycles. The van der Waals surface area contributed by atoms with E-state index in [1.165, 1.54) is 12.1 Å². The quantitative estimate of drug-likeness (QED) is 0.505. The van der Waals surface area contributed by atoms with Gasteiger partial charge in [0.15, 0.2) is 0 Å². The van der Waals surface area contributed by atoms with Gasteiger partial charge < -0.3 is 15.2 Å². The summed E-state index contributed by atoms with van der Waals surface area (Å²) in [4.78, 5) is 11.1. The molecule has 5 nitrogen and oxygen atoms in total. The summed E-state index contributed by atoms with van der Waals surface area (Å²) < 4.78 is 43.1. The van der Waals surface area contributed by atoms with Gasteiger partial charge in [0.05, 0.1) is 22.0 Å². The van der Waals surface area contributed by atoms with Crippen molar-refractivity contribution >= 4 is 33.6 Å². The number of rotatable bonds is 2. The Morgan fingerprint density at radius 2 is 1.73 bits per heavy atom. The van der Waals surface area contributed by atoms with E-state index in [4.69, 9.17) is 5.73 Å². The van der Waals surface area contributed by atoms with E-state index < -0.39 is 11.7 Å². The molecule has 0 radical (unpaired) electrons. The number of hydrogen-bond donors (Lipinski definition) is 1. The van der Waals surface area contributed by atoms with E-state index in [0.717, 1.165) is 48.6 Å². The van der Waals surface area contributed by atoms with Crippen LogP contribution in [0.1, 0.15) is 18.4 Å². The third-order valence-corrected chi connectivity index (χ3v) is 5.74. The van der Waals surface area contributed by atoms with Crippen LogP contribution in [-0.2, 0) is 13.2 Å². The predicted octanol–water partition coefficient (Wildman–Crippen LogP) is 4.99. The summed E-state index contributed by atoms with van der Waals surface area (Å²) in [7, 11) is 1.83. The van der Waals surface area contributed by atoms with Crippen molar-refractivity contribution < 1.29 is 13.2 Å². The summed E-state index contributed by atoms with van der Waals surface area (Å²) in [6.45, 7) is 1.75. The second-order valence-corrected chi connectivity index (χ2v) is 7.65. The molecule has 3 heterocycles. The third-order valence-electron chi connectivity index (χ3n) is 5.74. The van der Waals surface area contributed by atoms with Crippen LogP contribution in [0.3, 0.4) is 0 Å². The zero-order valence-corrected chi connectivity index (χ0v) is 16.4. The Morgan fingerprint density at radius 1 is 1.00 bits per heavy atom. The van der Waals surface area contributed by atoms with Crippen molar-refractivity contribution in [1.82, 2.24) is 14.5 Å². The van der Waals surface area contributed by atoms with E-state index in [0.29, 0.717) is 16.6 Å². The van der Waals surface area contributed by atoms with Crippen LogP contribution in [0.25, 0.3) is 32.9 Å². The van der Waals surface area contributed by atoms with E-state index >= 15 is 0 Å². The van der Waals surface area contributed by atoms with Gasteiger partial charge in [-0.1, -0.05) is 18.2 Å². The maximum Gasteiger partial charge on any atom is 0.417 e. The average Bonchev–Trinajstić information content (AvgIpc) is 3.36. The molecular formula is C22H20F3N5. The van der Waals surface area contributed by atoms with Crippen LogP contribution in [0.15, 0.2) is 42.6 Å². The lowest BCUT2D eigenvalue weighted by molar-refractivity contribution is -0.137. The molecule has 0 spiro atoms. The molecule has 0 saturated carbocycles. The number of nitrogens with zero attached hydrogens (tertiary/aromatic N) is 4. The highest BCUT2D eigenvalue weighted by Crippen LogP contribution is 2.43. The second-order valence-electron chi connectivity index (χ2n) is 7.65. The molecule has 2 aromatic carbocycles. The molecule has 1 aliphatic heterocycles. The Kier molecular flexibility index (Phi) is 4.13. The smallest absolute Gasteiger partial charge is 0.368 e. The maximum absolute atomic E-state index is 13.7. The standard InChI is InChI=1S/C22H20F3N5/c1-29-11-8-14-18-17(27-21(26)28-20(18)30-9-4-5-10-30)12-15(19(14)29)13-6-2-3-7-16(13)22(23,24)25/h2-3,6-8,11-12H,4-5,9-10H2,1H3,(H2,26,27,28). The molecule has 8 heteroatoms. The number of benzene rings is 2. The molecule has 1 fully saturated rings. The van der Waals surface area contributed by atoms with Gasteiger partial charge in [-0.3, -0.25) is 0 Å². The van der Waals surface area contributed by atoms with Crippen molar-refractivity contribution in [1.29, 1.82) is 0 Å². The van der Waals surface area contributed by atoms with Gasteiger partial charge in [0.25, 0.3) is 0 Å². The van der Waals surface area contributed by atoms with Crippen LogP contribution in [0.5, 0.6) is 0 Å². The fourth-order valence-corrected chi connectivity index (χ4v) is 4.45. The Balaban J connectivity index is 1.89. The van der Waals surface area contributed by atoms with Crippen LogP contribution in [0.4, 0.5) is 24.9 Å². The Morgan fingerprint density at radius 3 is 2.47 bits per heavy atom. The molecule has 0 bridgehead atoms. The Bertz CT molecular complexity index is 1270. The Hall–Kier alpha value is -3.29. The van der Waals surface area contributed by atoms with E-state index in [1.807, 2.05) is 23.9 Å². The highest BCUT2D eigenvalue weighted by Gasteiger charge is 2.34. The van der Waals surface area contributed by atoms with Crippen molar-refractivity contribution in [3.05, 3.63) is 48.2 Å². The highest BCUT2D eigenvalue weighted by molar-refractivity contribution is 6.16. The topological polar surface area (TPSA) is 60.0 Å². The van der Waals surface area contributed by atoms with Crippen molar-refractivity contribution in [2.24, 2.45) is 7.05 Å². The lowest BCUT2D eigenvalue weighted by atomic mass is 9.95. The number of aromatic nitrogens is 3. The number of nitrogens with two attached hydrogens (primary N) is 1. The summed E-state index contributed by atoms with van der Waals surface area (Å²) in [5.41, 5.74) is 7.19.